The van der Waals surface area contributed by atoms with Crippen LogP contribution in [0.3, 0.4) is 0 Å². The Balaban J connectivity index is 1.58. The van der Waals surface area contributed by atoms with Crippen molar-refractivity contribution in [1.82, 2.24) is 0 Å². The van der Waals surface area contributed by atoms with Gasteiger partial charge < -0.3 is 5.32 Å². The molecule has 1 aliphatic carbocycles. The maximum absolute atomic E-state index is 13.9. The Morgan fingerprint density at radius 3 is 2.88 bits per heavy atom. The molecule has 2 nitrogen and oxygen atoms in total. The number of benzene rings is 1. The van der Waals surface area contributed by atoms with Gasteiger partial charge in [-0.1, -0.05) is 15.9 Å². The number of rotatable bonds is 2. The monoisotopic (exact) mass is 423 g/mol. The fourth-order valence-electron chi connectivity index (χ4n) is 3.14. The molecule has 2 aromatic rings. The van der Waals surface area contributed by atoms with Gasteiger partial charge in [0.2, 0.25) is 0 Å². The number of halogens is 2. The third kappa shape index (κ3) is 3.07. The number of fused-ring (bicyclic) bond motifs is 3. The van der Waals surface area contributed by atoms with Crippen LogP contribution in [0.5, 0.6) is 0 Å². The molecule has 2 aliphatic rings. The molecule has 1 aromatic heterocycles. The summed E-state index contributed by atoms with van der Waals surface area (Å²) in [6, 6.07) is 4.64. The molecular formula is C18H15BrFNOS2. The number of thioether (sulfide) groups is 1. The predicted molar refractivity (Wildman–Crippen MR) is 103 cm³/mol. The lowest BCUT2D eigenvalue weighted by Crippen LogP contribution is -2.15. The van der Waals surface area contributed by atoms with E-state index in [1.54, 1.807) is 23.9 Å². The molecule has 0 fully saturated rings. The number of thiophene rings is 1. The van der Waals surface area contributed by atoms with Gasteiger partial charge in [-0.15, -0.1) is 23.1 Å². The summed E-state index contributed by atoms with van der Waals surface area (Å²) < 4.78 is 14.6. The number of carbonyl (C=O) groups excluding carboxylic acids is 1. The van der Waals surface area contributed by atoms with Crippen LogP contribution in [0.15, 0.2) is 27.6 Å². The van der Waals surface area contributed by atoms with Gasteiger partial charge in [-0.05, 0) is 61.1 Å². The van der Waals surface area contributed by atoms with Gasteiger partial charge in [-0.25, -0.2) is 4.39 Å². The normalized spacial score (nSPS) is 16.2. The molecule has 6 heteroatoms. The molecule has 0 bridgehead atoms. The van der Waals surface area contributed by atoms with E-state index in [0.29, 0.717) is 9.38 Å². The van der Waals surface area contributed by atoms with E-state index >= 15 is 0 Å². The number of hydrogen-bond acceptors (Lipinski definition) is 3. The predicted octanol–water partition coefficient (Wildman–Crippen LogP) is 5.75. The van der Waals surface area contributed by atoms with Crippen LogP contribution >= 0.6 is 39.0 Å². The molecule has 1 aliphatic heterocycles. The first-order chi connectivity index (χ1) is 11.6. The fraction of sp³-hybridized carbons (Fsp3) is 0.278. The first-order valence-electron chi connectivity index (χ1n) is 7.86. The van der Waals surface area contributed by atoms with Crippen molar-refractivity contribution in [2.75, 3.05) is 5.32 Å². The van der Waals surface area contributed by atoms with E-state index < -0.39 is 5.82 Å². The van der Waals surface area contributed by atoms with Crippen LogP contribution in [0.25, 0.3) is 6.08 Å². The minimum absolute atomic E-state index is 0.209. The van der Waals surface area contributed by atoms with Gasteiger partial charge in [-0.3, -0.25) is 4.79 Å². The number of aryl methyl sites for hydroxylation is 1. The first-order valence-corrected chi connectivity index (χ1v) is 10.5. The minimum Gasteiger partial charge on any atom is -0.319 e. The second-order valence-corrected chi connectivity index (χ2v) is 9.00. The molecule has 1 N–H and O–H groups in total. The lowest BCUT2D eigenvalue weighted by atomic mass is 9.95. The number of anilines is 1. The minimum atomic E-state index is -0.439. The SMILES string of the molecule is O=C(Nc1ccc(Br)cc1F)C1=Cc2sc3c(c2CS1)CCCC3. The Bertz CT molecular complexity index is 859. The molecule has 0 spiro atoms. The first kappa shape index (κ1) is 16.4. The van der Waals surface area contributed by atoms with Crippen LogP contribution in [0, 0.1) is 5.82 Å². The molecule has 2 heterocycles. The topological polar surface area (TPSA) is 29.1 Å². The summed E-state index contributed by atoms with van der Waals surface area (Å²) in [5.41, 5.74) is 3.13. The Hall–Kier alpha value is -1.11. The van der Waals surface area contributed by atoms with Crippen molar-refractivity contribution in [3.05, 3.63) is 54.3 Å². The zero-order valence-corrected chi connectivity index (χ0v) is 16.0. The quantitative estimate of drug-likeness (QED) is 0.665. The molecule has 0 saturated carbocycles. The van der Waals surface area contributed by atoms with Crippen LogP contribution in [0.2, 0.25) is 0 Å². The van der Waals surface area contributed by atoms with E-state index in [4.69, 9.17) is 0 Å². The number of amides is 1. The standard InChI is InChI=1S/C18H15BrFNOS2/c19-10-5-6-14(13(20)7-10)21-18(22)17-8-16-12(9-23-17)11-3-1-2-4-15(11)24-16/h5-8H,1-4,9H2,(H,21,22). The molecule has 0 atom stereocenters. The van der Waals surface area contributed by atoms with E-state index in [0.717, 1.165) is 12.2 Å². The second-order valence-electron chi connectivity index (χ2n) is 5.93. The van der Waals surface area contributed by atoms with Crippen LogP contribution in [0.1, 0.15) is 33.7 Å². The number of hydrogen-bond donors (Lipinski definition) is 1. The average Bonchev–Trinajstić information content (AvgIpc) is 2.95. The second kappa shape index (κ2) is 6.65. The molecule has 4 rings (SSSR count). The van der Waals surface area contributed by atoms with Crippen molar-refractivity contribution in [2.24, 2.45) is 0 Å². The lowest BCUT2D eigenvalue weighted by Gasteiger charge is -2.16. The highest BCUT2D eigenvalue weighted by Crippen LogP contribution is 2.42. The Morgan fingerprint density at radius 1 is 1.21 bits per heavy atom. The van der Waals surface area contributed by atoms with Gasteiger partial charge >= 0.3 is 0 Å². The van der Waals surface area contributed by atoms with E-state index in [-0.39, 0.29) is 11.6 Å². The number of carbonyl (C=O) groups is 1. The molecule has 124 valence electrons. The third-order valence-electron chi connectivity index (χ3n) is 4.35. The fourth-order valence-corrected chi connectivity index (χ4v) is 6.01. The van der Waals surface area contributed by atoms with Crippen LogP contribution in [0.4, 0.5) is 10.1 Å². The molecule has 0 saturated heterocycles. The highest BCUT2D eigenvalue weighted by atomic mass is 79.9. The van der Waals surface area contributed by atoms with Crippen molar-refractivity contribution in [3.63, 3.8) is 0 Å². The maximum atomic E-state index is 13.9. The van der Waals surface area contributed by atoms with Gasteiger partial charge in [-0.2, -0.15) is 0 Å². The summed E-state index contributed by atoms with van der Waals surface area (Å²) >= 11 is 6.58. The molecule has 0 radical (unpaired) electrons. The van der Waals surface area contributed by atoms with Gasteiger partial charge in [0.25, 0.3) is 5.91 Å². The molecule has 1 aromatic carbocycles. The summed E-state index contributed by atoms with van der Waals surface area (Å²) in [4.78, 5) is 15.8. The smallest absolute Gasteiger partial charge is 0.262 e. The Kier molecular flexibility index (Phi) is 4.54. The number of nitrogens with one attached hydrogen (secondary N) is 1. The Labute approximate surface area is 156 Å². The largest absolute Gasteiger partial charge is 0.319 e. The molecular weight excluding hydrogens is 409 g/mol. The van der Waals surface area contributed by atoms with Crippen molar-refractivity contribution in [3.8, 4) is 0 Å². The summed E-state index contributed by atoms with van der Waals surface area (Å²) in [6.07, 6.45) is 6.83. The van der Waals surface area contributed by atoms with Gasteiger partial charge in [0.15, 0.2) is 0 Å². The van der Waals surface area contributed by atoms with E-state index in [2.05, 4.69) is 21.2 Å². The van der Waals surface area contributed by atoms with Crippen LogP contribution < -0.4 is 5.32 Å². The van der Waals surface area contributed by atoms with E-state index in [1.807, 2.05) is 17.4 Å². The van der Waals surface area contributed by atoms with Crippen molar-refractivity contribution >= 4 is 56.7 Å². The highest BCUT2D eigenvalue weighted by molar-refractivity contribution is 9.10. The van der Waals surface area contributed by atoms with Crippen molar-refractivity contribution in [2.45, 2.75) is 31.4 Å². The average molecular weight is 424 g/mol. The summed E-state index contributed by atoms with van der Waals surface area (Å²) in [6.45, 7) is 0. The Morgan fingerprint density at radius 2 is 2.04 bits per heavy atom. The van der Waals surface area contributed by atoms with E-state index in [9.17, 15) is 9.18 Å². The zero-order valence-electron chi connectivity index (χ0n) is 12.8. The molecule has 24 heavy (non-hydrogen) atoms. The third-order valence-corrected chi connectivity index (χ3v) is 7.17. The van der Waals surface area contributed by atoms with Crippen LogP contribution in [-0.2, 0) is 23.4 Å². The highest BCUT2D eigenvalue weighted by Gasteiger charge is 2.25. The maximum Gasteiger partial charge on any atom is 0.262 e. The van der Waals surface area contributed by atoms with Gasteiger partial charge in [0.05, 0.1) is 10.6 Å². The van der Waals surface area contributed by atoms with Gasteiger partial charge in [0.1, 0.15) is 5.82 Å². The molecule has 1 amide bonds. The van der Waals surface area contributed by atoms with Crippen molar-refractivity contribution in [1.29, 1.82) is 0 Å². The van der Waals surface area contributed by atoms with Gasteiger partial charge in [0, 0.05) is 20.0 Å². The molecule has 0 unspecified atom stereocenters. The summed E-state index contributed by atoms with van der Waals surface area (Å²) in [7, 11) is 0. The lowest BCUT2D eigenvalue weighted by molar-refractivity contribution is -0.112. The summed E-state index contributed by atoms with van der Waals surface area (Å²) in [5.74, 6) is 0.160. The zero-order chi connectivity index (χ0) is 16.7. The summed E-state index contributed by atoms with van der Waals surface area (Å²) in [5, 5.41) is 2.68. The van der Waals surface area contributed by atoms with Crippen LogP contribution in [-0.4, -0.2) is 5.91 Å². The van der Waals surface area contributed by atoms with E-state index in [1.165, 1.54) is 46.2 Å². The van der Waals surface area contributed by atoms with Crippen molar-refractivity contribution < 1.29 is 9.18 Å².